The van der Waals surface area contributed by atoms with Crippen molar-refractivity contribution in [1.29, 1.82) is 0 Å². The second kappa shape index (κ2) is 7.86. The number of aromatic carboxylic acids is 1. The molecule has 2 aromatic rings. The zero-order valence-electron chi connectivity index (χ0n) is 12.2. The number of hydrogen-bond donors (Lipinski definition) is 3. The van der Waals surface area contributed by atoms with Crippen LogP contribution in [0.4, 0.5) is 5.69 Å². The van der Waals surface area contributed by atoms with Crippen molar-refractivity contribution in [3.05, 3.63) is 33.6 Å². The molecular formula is C16H12BrNO5S. The molecule has 0 bridgehead atoms. The molecule has 2 rings (SSSR count). The average Bonchev–Trinajstić information content (AvgIpc) is 2.88. The quantitative estimate of drug-likeness (QED) is 0.606. The number of thiophene rings is 1. The molecule has 0 fully saturated rings. The summed E-state index contributed by atoms with van der Waals surface area (Å²) in [5.41, 5.74) is 1.54. The van der Waals surface area contributed by atoms with Crippen LogP contribution in [0.25, 0.3) is 10.4 Å². The fraction of sp³-hybridized carbons (Fsp3) is 0.125. The van der Waals surface area contributed by atoms with Gasteiger partial charge in [0.2, 0.25) is 0 Å². The molecule has 0 aliphatic rings. The van der Waals surface area contributed by atoms with E-state index >= 15 is 0 Å². The molecule has 0 aliphatic carbocycles. The van der Waals surface area contributed by atoms with E-state index in [1.54, 1.807) is 6.07 Å². The number of rotatable bonds is 7. The number of nitrogens with one attached hydrogen (secondary N) is 1. The van der Waals surface area contributed by atoms with Gasteiger partial charge in [0.25, 0.3) is 0 Å². The molecule has 0 unspecified atom stereocenters. The van der Waals surface area contributed by atoms with E-state index in [0.29, 0.717) is 15.9 Å². The van der Waals surface area contributed by atoms with Crippen LogP contribution in [0.15, 0.2) is 28.7 Å². The molecule has 24 heavy (non-hydrogen) atoms. The first-order valence-corrected chi connectivity index (χ1v) is 8.23. The monoisotopic (exact) mass is 409 g/mol. The molecule has 3 N–H and O–H groups in total. The smallest absolute Gasteiger partial charge is 0.349 e. The van der Waals surface area contributed by atoms with Crippen LogP contribution in [0, 0.1) is 12.3 Å². The van der Waals surface area contributed by atoms with Crippen molar-refractivity contribution in [3.8, 4) is 28.5 Å². The van der Waals surface area contributed by atoms with Crippen LogP contribution in [0.2, 0.25) is 0 Å². The molecule has 124 valence electrons. The minimum absolute atomic E-state index is 0.00638. The highest BCUT2D eigenvalue weighted by Crippen LogP contribution is 2.46. The molecule has 0 aliphatic heterocycles. The fourth-order valence-corrected chi connectivity index (χ4v) is 3.80. The number of halogens is 1. The Morgan fingerprint density at radius 1 is 1.38 bits per heavy atom. The van der Waals surface area contributed by atoms with E-state index < -0.39 is 18.5 Å². The molecule has 6 nitrogen and oxygen atoms in total. The molecular weight excluding hydrogens is 398 g/mol. The number of ether oxygens (including phenoxy) is 1. The second-order valence-electron chi connectivity index (χ2n) is 4.53. The molecule has 0 radical (unpaired) electrons. The number of carbonyl (C=O) groups is 2. The number of terminal acetylenes is 1. The third kappa shape index (κ3) is 4.07. The van der Waals surface area contributed by atoms with E-state index in [2.05, 4.69) is 27.2 Å². The Kier molecular flexibility index (Phi) is 5.84. The summed E-state index contributed by atoms with van der Waals surface area (Å²) in [6, 6.07) is 7.27. The van der Waals surface area contributed by atoms with Gasteiger partial charge in [0, 0.05) is 5.69 Å². The summed E-state index contributed by atoms with van der Waals surface area (Å²) in [5.74, 6) is 0.103. The van der Waals surface area contributed by atoms with Gasteiger partial charge in [0.15, 0.2) is 17.2 Å². The molecule has 0 saturated heterocycles. The normalized spacial score (nSPS) is 10.0. The molecule has 1 aromatic heterocycles. The lowest BCUT2D eigenvalue weighted by atomic mass is 10.1. The van der Waals surface area contributed by atoms with E-state index in [4.69, 9.17) is 16.3 Å². The Balaban J connectivity index is 2.44. The van der Waals surface area contributed by atoms with Gasteiger partial charge in [-0.2, -0.15) is 0 Å². The minimum atomic E-state index is -1.19. The zero-order valence-corrected chi connectivity index (χ0v) is 14.6. The Morgan fingerprint density at radius 2 is 2.12 bits per heavy atom. The summed E-state index contributed by atoms with van der Waals surface area (Å²) in [4.78, 5) is 22.6. The Bertz CT molecular complexity index is 824. The van der Waals surface area contributed by atoms with Gasteiger partial charge in [0.1, 0.15) is 0 Å². The van der Waals surface area contributed by atoms with E-state index in [1.807, 2.05) is 18.2 Å². The number of benzene rings is 1. The first-order valence-electron chi connectivity index (χ1n) is 6.62. The number of hydrogen-bond acceptors (Lipinski definition) is 5. The fourth-order valence-electron chi connectivity index (χ4n) is 1.91. The summed E-state index contributed by atoms with van der Waals surface area (Å²) >= 11 is 4.31. The van der Waals surface area contributed by atoms with E-state index in [9.17, 15) is 14.7 Å². The third-order valence-corrected chi connectivity index (χ3v) is 5.09. The van der Waals surface area contributed by atoms with Crippen molar-refractivity contribution in [3.63, 3.8) is 0 Å². The van der Waals surface area contributed by atoms with Crippen LogP contribution in [0.5, 0.6) is 5.75 Å². The minimum Gasteiger partial charge on any atom is -0.479 e. The predicted molar refractivity (Wildman–Crippen MR) is 94.9 cm³/mol. The van der Waals surface area contributed by atoms with Crippen molar-refractivity contribution in [1.82, 2.24) is 0 Å². The van der Waals surface area contributed by atoms with Crippen LogP contribution < -0.4 is 10.1 Å². The van der Waals surface area contributed by atoms with Crippen molar-refractivity contribution in [2.75, 3.05) is 18.5 Å². The molecule has 0 amide bonds. The van der Waals surface area contributed by atoms with E-state index in [1.165, 1.54) is 0 Å². The first kappa shape index (κ1) is 17.8. The maximum atomic E-state index is 11.4. The molecule has 0 atom stereocenters. The second-order valence-corrected chi connectivity index (χ2v) is 6.34. The van der Waals surface area contributed by atoms with Crippen molar-refractivity contribution >= 4 is 44.9 Å². The third-order valence-electron chi connectivity index (χ3n) is 2.86. The van der Waals surface area contributed by atoms with E-state index in [0.717, 1.165) is 22.6 Å². The molecule has 1 heterocycles. The Hall–Kier alpha value is -2.50. The highest BCUT2D eigenvalue weighted by Gasteiger charge is 2.24. The first-order chi connectivity index (χ1) is 11.4. The maximum Gasteiger partial charge on any atom is 0.349 e. The molecule has 8 heteroatoms. The summed E-state index contributed by atoms with van der Waals surface area (Å²) in [6.07, 6.45) is 5.22. The number of aliphatic carboxylic acids is 1. The summed E-state index contributed by atoms with van der Waals surface area (Å²) < 4.78 is 5.53. The van der Waals surface area contributed by atoms with Crippen LogP contribution in [-0.2, 0) is 4.79 Å². The van der Waals surface area contributed by atoms with Gasteiger partial charge in [-0.15, -0.1) is 17.8 Å². The van der Waals surface area contributed by atoms with Gasteiger partial charge in [-0.25, -0.2) is 9.59 Å². The number of carboxylic acids is 2. The average molecular weight is 410 g/mol. The molecule has 1 aromatic carbocycles. The maximum absolute atomic E-state index is 11.4. The van der Waals surface area contributed by atoms with Gasteiger partial charge in [-0.05, 0) is 33.6 Å². The predicted octanol–water partition coefficient (Wildman–Crippen LogP) is 3.38. The van der Waals surface area contributed by atoms with Gasteiger partial charge in [-0.1, -0.05) is 18.1 Å². The highest BCUT2D eigenvalue weighted by molar-refractivity contribution is 9.10. The Labute approximate surface area is 150 Å². The Morgan fingerprint density at radius 3 is 2.75 bits per heavy atom. The van der Waals surface area contributed by atoms with Crippen LogP contribution >= 0.6 is 27.3 Å². The van der Waals surface area contributed by atoms with Crippen molar-refractivity contribution in [2.24, 2.45) is 0 Å². The molecule has 0 saturated carbocycles. The van der Waals surface area contributed by atoms with Gasteiger partial charge >= 0.3 is 11.9 Å². The van der Waals surface area contributed by atoms with E-state index in [-0.39, 0.29) is 10.6 Å². The summed E-state index contributed by atoms with van der Waals surface area (Å²) in [5, 5.41) is 21.1. The lowest BCUT2D eigenvalue weighted by Gasteiger charge is -2.06. The van der Waals surface area contributed by atoms with Gasteiger partial charge in [-0.3, -0.25) is 0 Å². The lowest BCUT2D eigenvalue weighted by molar-refractivity contribution is -0.139. The van der Waals surface area contributed by atoms with Crippen LogP contribution in [-0.4, -0.2) is 35.3 Å². The molecule has 0 spiro atoms. The van der Waals surface area contributed by atoms with Crippen molar-refractivity contribution < 1.29 is 24.5 Å². The number of anilines is 1. The van der Waals surface area contributed by atoms with Gasteiger partial charge in [0.05, 0.1) is 15.9 Å². The SMILES string of the molecule is C#CCNc1cccc(-c2sc(C(=O)O)c(OCC(=O)O)c2Br)c1. The zero-order chi connectivity index (χ0) is 17.7. The number of carboxylic acid groups (broad SMARTS) is 2. The summed E-state index contributed by atoms with van der Waals surface area (Å²) in [7, 11) is 0. The lowest BCUT2D eigenvalue weighted by Crippen LogP contribution is -2.11. The highest BCUT2D eigenvalue weighted by atomic mass is 79.9. The largest absolute Gasteiger partial charge is 0.479 e. The standard InChI is InChI=1S/C16H12BrNO5S/c1-2-6-18-10-5-3-4-9(7-10)14-12(17)13(23-8-11(19)20)15(24-14)16(21)22/h1,3-5,7,18H,6,8H2,(H,19,20)(H,21,22). The van der Waals surface area contributed by atoms with Crippen LogP contribution in [0.3, 0.4) is 0 Å². The van der Waals surface area contributed by atoms with Crippen LogP contribution in [0.1, 0.15) is 9.67 Å². The van der Waals surface area contributed by atoms with Gasteiger partial charge < -0.3 is 20.3 Å². The van der Waals surface area contributed by atoms with Crippen molar-refractivity contribution in [2.45, 2.75) is 0 Å². The topological polar surface area (TPSA) is 95.9 Å². The summed E-state index contributed by atoms with van der Waals surface area (Å²) in [6.45, 7) is -0.263.